The Morgan fingerprint density at radius 1 is 1.27 bits per heavy atom. The molecule has 1 amide bonds. The van der Waals surface area contributed by atoms with E-state index in [2.05, 4.69) is 5.32 Å². The number of hydrogen-bond donors (Lipinski definition) is 2. The molecule has 0 saturated heterocycles. The van der Waals surface area contributed by atoms with Gasteiger partial charge in [-0.3, -0.25) is 9.59 Å². The number of carboxylic acid groups (broad SMARTS) is 1. The first-order valence-corrected chi connectivity index (χ1v) is 6.81. The second-order valence-electron chi connectivity index (χ2n) is 4.80. The molecule has 7 heteroatoms. The third-order valence-corrected chi connectivity index (χ3v) is 3.11. The maximum atomic E-state index is 13.4. The minimum absolute atomic E-state index is 0.0281. The number of aliphatic carboxylic acids is 1. The number of Topliss-reactive ketones (excluding diaryl/α,β-unsaturated/α-hetero) is 1. The summed E-state index contributed by atoms with van der Waals surface area (Å²) in [5.74, 6) is -3.71. The molecule has 0 aliphatic heterocycles. The Hall–Kier alpha value is -2.31. The molecule has 2 N–H and O–H groups in total. The number of nitrogens with one attached hydrogen (secondary N) is 1. The molecular formula is C15H17F2NO4. The molecule has 0 fully saturated rings. The molecule has 5 nitrogen and oxygen atoms in total. The average molecular weight is 313 g/mol. The summed E-state index contributed by atoms with van der Waals surface area (Å²) in [6.07, 6.45) is -0.100. The number of rotatable bonds is 8. The fraction of sp³-hybridized carbons (Fsp3) is 0.400. The van der Waals surface area contributed by atoms with Gasteiger partial charge < -0.3 is 10.4 Å². The van der Waals surface area contributed by atoms with E-state index >= 15 is 0 Å². The van der Waals surface area contributed by atoms with Crippen LogP contribution in [0.5, 0.6) is 0 Å². The summed E-state index contributed by atoms with van der Waals surface area (Å²) < 4.78 is 26.2. The molecule has 120 valence electrons. The highest BCUT2D eigenvalue weighted by Gasteiger charge is 2.21. The molecule has 1 aromatic carbocycles. The lowest BCUT2D eigenvalue weighted by Crippen LogP contribution is -2.41. The molecule has 1 rings (SSSR count). The van der Waals surface area contributed by atoms with Crippen LogP contribution < -0.4 is 5.32 Å². The summed E-state index contributed by atoms with van der Waals surface area (Å²) in [7, 11) is 0. The van der Waals surface area contributed by atoms with E-state index in [-0.39, 0.29) is 24.2 Å². The van der Waals surface area contributed by atoms with Crippen molar-refractivity contribution in [1.82, 2.24) is 5.32 Å². The molecule has 0 radical (unpaired) electrons. The minimum atomic E-state index is -1.27. The zero-order valence-electron chi connectivity index (χ0n) is 12.1. The van der Waals surface area contributed by atoms with Crippen LogP contribution in [0.15, 0.2) is 18.2 Å². The van der Waals surface area contributed by atoms with Gasteiger partial charge in [-0.25, -0.2) is 13.6 Å². The van der Waals surface area contributed by atoms with Gasteiger partial charge in [-0.15, -0.1) is 0 Å². The van der Waals surface area contributed by atoms with Crippen LogP contribution in [0.4, 0.5) is 8.78 Å². The molecule has 1 atom stereocenters. The SMILES string of the molecule is CCC(=O)CC[C@@H](NC(=O)Cc1ccc(F)cc1F)C(=O)O. The summed E-state index contributed by atoms with van der Waals surface area (Å²) in [5.41, 5.74) is -0.0346. The van der Waals surface area contributed by atoms with E-state index in [0.717, 1.165) is 12.1 Å². The summed E-state index contributed by atoms with van der Waals surface area (Å²) in [5, 5.41) is 11.3. The Morgan fingerprint density at radius 2 is 1.95 bits per heavy atom. The highest BCUT2D eigenvalue weighted by Crippen LogP contribution is 2.10. The standard InChI is InChI=1S/C15H17F2NO4/c1-2-11(19)5-6-13(15(21)22)18-14(20)7-9-3-4-10(16)8-12(9)17/h3-4,8,13H,2,5-7H2,1H3,(H,18,20)(H,21,22)/t13-/m1/s1. The predicted octanol–water partition coefficient (Wildman–Crippen LogP) is 1.84. The van der Waals surface area contributed by atoms with Crippen LogP contribution in [-0.4, -0.2) is 28.8 Å². The number of benzene rings is 1. The molecule has 0 heterocycles. The molecular weight excluding hydrogens is 296 g/mol. The van der Waals surface area contributed by atoms with Crippen molar-refractivity contribution < 1.29 is 28.3 Å². The Labute approximate surface area is 126 Å². The van der Waals surface area contributed by atoms with Crippen LogP contribution in [-0.2, 0) is 20.8 Å². The van der Waals surface area contributed by atoms with Crippen LogP contribution in [0.1, 0.15) is 31.7 Å². The van der Waals surface area contributed by atoms with E-state index in [0.29, 0.717) is 12.5 Å². The van der Waals surface area contributed by atoms with E-state index in [1.807, 2.05) is 0 Å². The van der Waals surface area contributed by atoms with Crippen molar-refractivity contribution in [2.24, 2.45) is 0 Å². The van der Waals surface area contributed by atoms with Gasteiger partial charge in [0.05, 0.1) is 6.42 Å². The zero-order chi connectivity index (χ0) is 16.7. The Balaban J connectivity index is 2.63. The molecule has 0 saturated carbocycles. The lowest BCUT2D eigenvalue weighted by Gasteiger charge is -2.14. The Morgan fingerprint density at radius 3 is 2.50 bits per heavy atom. The van der Waals surface area contributed by atoms with Crippen LogP contribution in [0.3, 0.4) is 0 Å². The topological polar surface area (TPSA) is 83.5 Å². The first-order chi connectivity index (χ1) is 10.3. The number of ketones is 1. The van der Waals surface area contributed by atoms with Crippen LogP contribution >= 0.6 is 0 Å². The zero-order valence-corrected chi connectivity index (χ0v) is 12.1. The normalized spacial score (nSPS) is 11.8. The van der Waals surface area contributed by atoms with Crippen molar-refractivity contribution in [2.45, 2.75) is 38.6 Å². The Kier molecular flexibility index (Phi) is 6.62. The number of halogens is 2. The summed E-state index contributed by atoms with van der Waals surface area (Å²) >= 11 is 0. The van der Waals surface area contributed by atoms with Crippen molar-refractivity contribution in [1.29, 1.82) is 0 Å². The van der Waals surface area contributed by atoms with Gasteiger partial charge >= 0.3 is 5.97 Å². The lowest BCUT2D eigenvalue weighted by molar-refractivity contribution is -0.142. The van der Waals surface area contributed by atoms with Gasteiger partial charge in [0.15, 0.2) is 0 Å². The van der Waals surface area contributed by atoms with Gasteiger partial charge in [0, 0.05) is 18.9 Å². The van der Waals surface area contributed by atoms with E-state index in [1.165, 1.54) is 0 Å². The van der Waals surface area contributed by atoms with E-state index < -0.39 is 36.0 Å². The number of carbonyl (C=O) groups is 3. The van der Waals surface area contributed by atoms with Gasteiger partial charge in [-0.1, -0.05) is 13.0 Å². The second kappa shape index (κ2) is 8.21. The molecule has 0 aromatic heterocycles. The average Bonchev–Trinajstić information content (AvgIpc) is 2.45. The second-order valence-corrected chi connectivity index (χ2v) is 4.80. The number of carbonyl (C=O) groups excluding carboxylic acids is 2. The van der Waals surface area contributed by atoms with Gasteiger partial charge in [0.1, 0.15) is 23.5 Å². The van der Waals surface area contributed by atoms with Gasteiger partial charge in [0.2, 0.25) is 5.91 Å². The number of amides is 1. The van der Waals surface area contributed by atoms with Crippen molar-refractivity contribution in [2.75, 3.05) is 0 Å². The van der Waals surface area contributed by atoms with E-state index in [4.69, 9.17) is 5.11 Å². The third-order valence-electron chi connectivity index (χ3n) is 3.11. The smallest absolute Gasteiger partial charge is 0.326 e. The summed E-state index contributed by atoms with van der Waals surface area (Å²) in [6.45, 7) is 1.66. The van der Waals surface area contributed by atoms with Crippen molar-refractivity contribution in [3.8, 4) is 0 Å². The van der Waals surface area contributed by atoms with Crippen LogP contribution in [0, 0.1) is 11.6 Å². The molecule has 0 bridgehead atoms. The molecule has 1 aromatic rings. The van der Waals surface area contributed by atoms with Crippen LogP contribution in [0.2, 0.25) is 0 Å². The summed E-state index contributed by atoms with van der Waals surface area (Å²) in [6, 6.07) is 1.57. The quantitative estimate of drug-likeness (QED) is 0.767. The predicted molar refractivity (Wildman–Crippen MR) is 74.2 cm³/mol. The highest BCUT2D eigenvalue weighted by atomic mass is 19.1. The van der Waals surface area contributed by atoms with Gasteiger partial charge in [0.25, 0.3) is 0 Å². The third kappa shape index (κ3) is 5.59. The molecule has 0 aliphatic rings. The first kappa shape index (κ1) is 17.7. The van der Waals surface area contributed by atoms with Gasteiger partial charge in [-0.05, 0) is 18.1 Å². The van der Waals surface area contributed by atoms with E-state index in [9.17, 15) is 23.2 Å². The van der Waals surface area contributed by atoms with Crippen molar-refractivity contribution >= 4 is 17.7 Å². The van der Waals surface area contributed by atoms with E-state index in [1.54, 1.807) is 6.92 Å². The molecule has 0 unspecified atom stereocenters. The monoisotopic (exact) mass is 313 g/mol. The lowest BCUT2D eigenvalue weighted by atomic mass is 10.1. The van der Waals surface area contributed by atoms with Crippen molar-refractivity contribution in [3.63, 3.8) is 0 Å². The molecule has 0 aliphatic carbocycles. The number of carboxylic acids is 1. The highest BCUT2D eigenvalue weighted by molar-refractivity contribution is 5.85. The maximum Gasteiger partial charge on any atom is 0.326 e. The molecule has 22 heavy (non-hydrogen) atoms. The summed E-state index contributed by atoms with van der Waals surface area (Å²) in [4.78, 5) is 34.0. The number of hydrogen-bond acceptors (Lipinski definition) is 3. The largest absolute Gasteiger partial charge is 0.480 e. The van der Waals surface area contributed by atoms with Gasteiger partial charge in [-0.2, -0.15) is 0 Å². The molecule has 0 spiro atoms. The maximum absolute atomic E-state index is 13.4. The fourth-order valence-electron chi connectivity index (χ4n) is 1.82. The fourth-order valence-corrected chi connectivity index (χ4v) is 1.82. The minimum Gasteiger partial charge on any atom is -0.480 e. The van der Waals surface area contributed by atoms with Crippen LogP contribution in [0.25, 0.3) is 0 Å². The first-order valence-electron chi connectivity index (χ1n) is 6.81. The van der Waals surface area contributed by atoms with Crippen molar-refractivity contribution in [3.05, 3.63) is 35.4 Å². The Bertz CT molecular complexity index is 575.